The van der Waals surface area contributed by atoms with Crippen LogP contribution in [0.1, 0.15) is 30.4 Å². The molecule has 1 aromatic carbocycles. The Bertz CT molecular complexity index is 804. The lowest BCUT2D eigenvalue weighted by atomic mass is 9.55. The second-order valence-electron chi connectivity index (χ2n) is 8.54. The fourth-order valence-corrected chi connectivity index (χ4v) is 5.71. The summed E-state index contributed by atoms with van der Waals surface area (Å²) < 4.78 is 11.7. The normalized spacial score (nSPS) is 30.8. The first-order valence-electron chi connectivity index (χ1n) is 9.35. The minimum Gasteiger partial charge on any atom is -1.00 e. The van der Waals surface area contributed by atoms with Gasteiger partial charge in [0.2, 0.25) is 0 Å². The van der Waals surface area contributed by atoms with Crippen molar-refractivity contribution >= 4 is 5.78 Å². The zero-order valence-corrected chi connectivity index (χ0v) is 18.6. The maximum absolute atomic E-state index is 12.8. The SMILES string of the molecule is COC1=CC2C3Cc4ccc(OC)c(O)c4C2(CCC[N+]3(C)C)CC1=O.[I-]. The first kappa shape index (κ1) is 20.5. The number of benzene rings is 1. The van der Waals surface area contributed by atoms with Gasteiger partial charge in [0.05, 0.1) is 34.9 Å². The van der Waals surface area contributed by atoms with Crippen LogP contribution in [0.3, 0.4) is 0 Å². The van der Waals surface area contributed by atoms with Crippen LogP contribution < -0.4 is 28.7 Å². The summed E-state index contributed by atoms with van der Waals surface area (Å²) in [6.45, 7) is 1.07. The summed E-state index contributed by atoms with van der Waals surface area (Å²) in [5, 5.41) is 11.0. The van der Waals surface area contributed by atoms with Gasteiger partial charge in [0.1, 0.15) is 6.04 Å². The van der Waals surface area contributed by atoms with Crippen LogP contribution in [0, 0.1) is 5.92 Å². The second-order valence-corrected chi connectivity index (χ2v) is 8.54. The number of ketones is 1. The maximum atomic E-state index is 12.8. The van der Waals surface area contributed by atoms with Crippen LogP contribution in [0.2, 0.25) is 0 Å². The molecule has 6 heteroatoms. The Labute approximate surface area is 177 Å². The third-order valence-corrected chi connectivity index (χ3v) is 6.98. The number of aromatic hydroxyl groups is 1. The fourth-order valence-electron chi connectivity index (χ4n) is 5.71. The van der Waals surface area contributed by atoms with Gasteiger partial charge in [0, 0.05) is 29.7 Å². The molecule has 5 nitrogen and oxygen atoms in total. The molecule has 2 bridgehead atoms. The molecule has 2 aliphatic carbocycles. The number of likely N-dealkylation sites (tertiary alicyclic amines) is 1. The molecule has 0 radical (unpaired) electrons. The Balaban J connectivity index is 0.00000210. The molecule has 1 saturated heterocycles. The molecule has 4 rings (SSSR count). The number of hydrogen-bond donors (Lipinski definition) is 1. The van der Waals surface area contributed by atoms with E-state index in [0.717, 1.165) is 41.4 Å². The molecule has 0 saturated carbocycles. The summed E-state index contributed by atoms with van der Waals surface area (Å²) in [7, 11) is 7.71. The number of quaternary nitrogens is 1. The van der Waals surface area contributed by atoms with E-state index in [0.29, 0.717) is 24.0 Å². The summed E-state index contributed by atoms with van der Waals surface area (Å²) in [4.78, 5) is 12.8. The minimum absolute atomic E-state index is 0. The van der Waals surface area contributed by atoms with Crippen molar-refractivity contribution in [2.24, 2.45) is 5.92 Å². The number of fused-ring (bicyclic) bond motifs is 1. The van der Waals surface area contributed by atoms with Gasteiger partial charge in [0.15, 0.2) is 23.0 Å². The first-order valence-corrected chi connectivity index (χ1v) is 9.35. The van der Waals surface area contributed by atoms with Crippen molar-refractivity contribution in [3.8, 4) is 11.5 Å². The topological polar surface area (TPSA) is 55.8 Å². The highest BCUT2D eigenvalue weighted by Crippen LogP contribution is 2.58. The second kappa shape index (κ2) is 6.95. The predicted octanol–water partition coefficient (Wildman–Crippen LogP) is -0.443. The summed E-state index contributed by atoms with van der Waals surface area (Å²) in [6.07, 6.45) is 5.24. The van der Waals surface area contributed by atoms with E-state index in [-0.39, 0.29) is 46.8 Å². The Morgan fingerprint density at radius 3 is 2.63 bits per heavy atom. The summed E-state index contributed by atoms with van der Waals surface area (Å²) in [5.74, 6) is 1.37. The smallest absolute Gasteiger partial charge is 0.197 e. The van der Waals surface area contributed by atoms with E-state index < -0.39 is 0 Å². The van der Waals surface area contributed by atoms with Crippen molar-refractivity contribution in [3.05, 3.63) is 35.1 Å². The van der Waals surface area contributed by atoms with Crippen molar-refractivity contribution in [1.82, 2.24) is 0 Å². The quantitative estimate of drug-likeness (QED) is 0.456. The number of phenolic OH excluding ortho intramolecular Hbond substituents is 1. The lowest BCUT2D eigenvalue weighted by Crippen LogP contribution is -3.00. The van der Waals surface area contributed by atoms with Crippen LogP contribution in [0.5, 0.6) is 11.5 Å². The van der Waals surface area contributed by atoms with Crippen molar-refractivity contribution in [2.75, 3.05) is 34.9 Å². The highest BCUT2D eigenvalue weighted by Gasteiger charge is 2.58. The number of methoxy groups -OCH3 is 2. The third-order valence-electron chi connectivity index (χ3n) is 6.98. The average molecular weight is 485 g/mol. The molecule has 1 fully saturated rings. The van der Waals surface area contributed by atoms with E-state index in [2.05, 4.69) is 20.2 Å². The van der Waals surface area contributed by atoms with Crippen LogP contribution in [-0.4, -0.2) is 56.3 Å². The number of halogens is 1. The highest BCUT2D eigenvalue weighted by atomic mass is 127. The molecular formula is C21H28INO4. The number of allylic oxidation sites excluding steroid dienone is 1. The number of likely N-dealkylation sites (N-methyl/N-ethyl adjacent to an activating group) is 1. The molecule has 3 atom stereocenters. The molecule has 3 unspecified atom stereocenters. The van der Waals surface area contributed by atoms with E-state index in [1.165, 1.54) is 0 Å². The Kier molecular flexibility index (Phi) is 5.27. The van der Waals surface area contributed by atoms with Crippen LogP contribution in [0.4, 0.5) is 0 Å². The molecule has 1 aliphatic heterocycles. The molecule has 1 N–H and O–H groups in total. The van der Waals surface area contributed by atoms with Crippen molar-refractivity contribution in [2.45, 2.75) is 37.1 Å². The number of ether oxygens (including phenoxy) is 2. The van der Waals surface area contributed by atoms with E-state index in [4.69, 9.17) is 9.47 Å². The molecule has 1 heterocycles. The Morgan fingerprint density at radius 2 is 1.96 bits per heavy atom. The van der Waals surface area contributed by atoms with Crippen LogP contribution in [0.25, 0.3) is 0 Å². The third kappa shape index (κ3) is 2.87. The number of hydrogen-bond acceptors (Lipinski definition) is 4. The predicted molar refractivity (Wildman–Crippen MR) is 98.2 cm³/mol. The molecular weight excluding hydrogens is 457 g/mol. The average Bonchev–Trinajstić information content (AvgIpc) is 2.66. The van der Waals surface area contributed by atoms with Crippen molar-refractivity contribution < 1.29 is 47.8 Å². The van der Waals surface area contributed by atoms with Gasteiger partial charge in [0.25, 0.3) is 0 Å². The van der Waals surface area contributed by atoms with E-state index in [1.807, 2.05) is 12.1 Å². The molecule has 1 aromatic rings. The lowest BCUT2D eigenvalue weighted by Gasteiger charge is -2.51. The fraction of sp³-hybridized carbons (Fsp3) is 0.571. The molecule has 27 heavy (non-hydrogen) atoms. The Hall–Kier alpha value is -1.28. The van der Waals surface area contributed by atoms with Crippen molar-refractivity contribution in [1.29, 1.82) is 0 Å². The number of Topliss-reactive ketones (excluding diaryl/α,β-unsaturated/α-hetero) is 1. The van der Waals surface area contributed by atoms with Crippen LogP contribution >= 0.6 is 0 Å². The number of phenols is 1. The van der Waals surface area contributed by atoms with Gasteiger partial charge in [-0.05, 0) is 30.5 Å². The monoisotopic (exact) mass is 485 g/mol. The molecule has 3 aliphatic rings. The highest BCUT2D eigenvalue weighted by molar-refractivity contribution is 5.96. The summed E-state index contributed by atoms with van der Waals surface area (Å²) in [5.41, 5.74) is 1.71. The number of carbonyl (C=O) groups excluding carboxylic acids is 1. The number of carbonyl (C=O) groups is 1. The van der Waals surface area contributed by atoms with E-state index in [9.17, 15) is 9.90 Å². The van der Waals surface area contributed by atoms with Gasteiger partial charge in [-0.15, -0.1) is 0 Å². The molecule has 148 valence electrons. The zero-order valence-electron chi connectivity index (χ0n) is 16.4. The van der Waals surface area contributed by atoms with E-state index >= 15 is 0 Å². The summed E-state index contributed by atoms with van der Waals surface area (Å²) >= 11 is 0. The standard InChI is InChI=1S/C21H27NO4.HI/c1-22(2)9-5-8-21-12-16(23)18(26-4)11-14(21)15(22)10-13-6-7-17(25-3)20(24)19(13)21;/h6-7,11,14-15H,5,8-10,12H2,1-4H3;1H. The largest absolute Gasteiger partial charge is 1.00 e. The first-order chi connectivity index (χ1) is 12.3. The number of rotatable bonds is 2. The molecule has 0 amide bonds. The maximum Gasteiger partial charge on any atom is 0.197 e. The lowest BCUT2D eigenvalue weighted by molar-refractivity contribution is -0.917. The van der Waals surface area contributed by atoms with Gasteiger partial charge < -0.3 is 43.0 Å². The zero-order chi connectivity index (χ0) is 18.7. The van der Waals surface area contributed by atoms with E-state index in [1.54, 1.807) is 14.2 Å². The van der Waals surface area contributed by atoms with Gasteiger partial charge in [-0.3, -0.25) is 4.79 Å². The van der Waals surface area contributed by atoms with Crippen molar-refractivity contribution in [3.63, 3.8) is 0 Å². The summed E-state index contributed by atoms with van der Waals surface area (Å²) in [6, 6.07) is 4.28. The number of nitrogens with zero attached hydrogens (tertiary/aromatic N) is 1. The van der Waals surface area contributed by atoms with Gasteiger partial charge in [-0.2, -0.15) is 0 Å². The van der Waals surface area contributed by atoms with Crippen LogP contribution in [-0.2, 0) is 21.4 Å². The minimum atomic E-state index is -0.373. The van der Waals surface area contributed by atoms with Gasteiger partial charge in [-0.25, -0.2) is 0 Å². The molecule has 0 aromatic heterocycles. The Morgan fingerprint density at radius 1 is 1.22 bits per heavy atom. The van der Waals surface area contributed by atoms with Gasteiger partial charge in [-0.1, -0.05) is 6.07 Å². The molecule has 0 spiro atoms. The van der Waals surface area contributed by atoms with Crippen LogP contribution in [0.15, 0.2) is 24.0 Å². The van der Waals surface area contributed by atoms with Gasteiger partial charge >= 0.3 is 0 Å².